The van der Waals surface area contributed by atoms with E-state index in [4.69, 9.17) is 16.3 Å². The largest absolute Gasteiger partial charge is 0.495 e. The van der Waals surface area contributed by atoms with Crippen molar-refractivity contribution in [3.63, 3.8) is 0 Å². The van der Waals surface area contributed by atoms with Gasteiger partial charge >= 0.3 is 0 Å². The summed E-state index contributed by atoms with van der Waals surface area (Å²) in [6.07, 6.45) is 2.53. The van der Waals surface area contributed by atoms with Gasteiger partial charge in [0.15, 0.2) is 0 Å². The van der Waals surface area contributed by atoms with E-state index in [2.05, 4.69) is 0 Å². The predicted molar refractivity (Wildman–Crippen MR) is 81.2 cm³/mol. The van der Waals surface area contributed by atoms with Gasteiger partial charge in [0.1, 0.15) is 5.75 Å². The second-order valence-corrected chi connectivity index (χ2v) is 7.64. The quantitative estimate of drug-likeness (QED) is 0.918. The van der Waals surface area contributed by atoms with Crippen LogP contribution in [0.15, 0.2) is 23.1 Å². The highest BCUT2D eigenvalue weighted by Gasteiger charge is 2.34. The molecule has 1 aliphatic rings. The Morgan fingerprint density at radius 2 is 2.00 bits per heavy atom. The van der Waals surface area contributed by atoms with E-state index in [1.165, 1.54) is 36.7 Å². The number of ether oxygens (including phenoxy) is 1. The normalized spacial score (nSPS) is 23.3. The maximum Gasteiger partial charge on any atom is 0.243 e. The van der Waals surface area contributed by atoms with Crippen LogP contribution in [0.5, 0.6) is 5.75 Å². The van der Waals surface area contributed by atoms with Crippen molar-refractivity contribution in [2.45, 2.75) is 42.7 Å². The minimum Gasteiger partial charge on any atom is -0.495 e. The molecule has 1 aromatic carbocycles. The van der Waals surface area contributed by atoms with Gasteiger partial charge in [-0.25, -0.2) is 8.42 Å². The molecule has 0 saturated heterocycles. The molecular weight excluding hydrogens is 314 g/mol. The van der Waals surface area contributed by atoms with Gasteiger partial charge in [-0.3, -0.25) is 0 Å². The topological polar surface area (TPSA) is 66.8 Å². The first kappa shape index (κ1) is 16.5. The number of rotatable bonds is 4. The van der Waals surface area contributed by atoms with Crippen molar-refractivity contribution in [2.75, 3.05) is 14.2 Å². The highest BCUT2D eigenvalue weighted by molar-refractivity contribution is 7.89. The number of likely N-dealkylation sites (N-methyl/N-ethyl adjacent to an activating group) is 1. The molecule has 5 nitrogen and oxygen atoms in total. The number of nitrogens with zero attached hydrogens (tertiary/aromatic N) is 1. The lowest BCUT2D eigenvalue weighted by atomic mass is 9.93. The molecule has 0 radical (unpaired) electrons. The summed E-state index contributed by atoms with van der Waals surface area (Å²) in [5.41, 5.74) is 0. The number of halogens is 1. The number of methoxy groups -OCH3 is 1. The SMILES string of the molecule is COc1ccc(S(=O)(=O)N(C)C2CCCCC2O)cc1Cl. The summed E-state index contributed by atoms with van der Waals surface area (Å²) in [5, 5.41) is 10.3. The lowest BCUT2D eigenvalue weighted by Crippen LogP contribution is -2.46. The van der Waals surface area contributed by atoms with E-state index >= 15 is 0 Å². The van der Waals surface area contributed by atoms with E-state index in [1.54, 1.807) is 0 Å². The zero-order valence-electron chi connectivity index (χ0n) is 12.1. The van der Waals surface area contributed by atoms with Gasteiger partial charge in [0.05, 0.1) is 29.2 Å². The summed E-state index contributed by atoms with van der Waals surface area (Å²) in [6, 6.07) is 3.98. The monoisotopic (exact) mass is 333 g/mol. The second-order valence-electron chi connectivity index (χ2n) is 5.24. The van der Waals surface area contributed by atoms with E-state index < -0.39 is 16.1 Å². The molecule has 2 atom stereocenters. The first-order valence-electron chi connectivity index (χ1n) is 6.87. The van der Waals surface area contributed by atoms with Crippen LogP contribution in [0.4, 0.5) is 0 Å². The van der Waals surface area contributed by atoms with Crippen molar-refractivity contribution >= 4 is 21.6 Å². The van der Waals surface area contributed by atoms with Gasteiger partial charge in [-0.05, 0) is 31.0 Å². The molecule has 0 amide bonds. The summed E-state index contributed by atoms with van der Waals surface area (Å²) in [7, 11) is -0.707. The summed E-state index contributed by atoms with van der Waals surface area (Å²) in [5.74, 6) is 0.427. The van der Waals surface area contributed by atoms with E-state index in [9.17, 15) is 13.5 Å². The molecule has 1 aliphatic carbocycles. The average molecular weight is 334 g/mol. The average Bonchev–Trinajstić information content (AvgIpc) is 2.47. The van der Waals surface area contributed by atoms with E-state index in [0.29, 0.717) is 18.6 Å². The number of hydrogen-bond acceptors (Lipinski definition) is 4. The van der Waals surface area contributed by atoms with Crippen LogP contribution in [0.1, 0.15) is 25.7 Å². The van der Waals surface area contributed by atoms with Crippen LogP contribution in [0, 0.1) is 0 Å². The van der Waals surface area contributed by atoms with E-state index in [-0.39, 0.29) is 16.0 Å². The Labute approximate surface area is 130 Å². The van der Waals surface area contributed by atoms with Gasteiger partial charge in [-0.1, -0.05) is 24.4 Å². The smallest absolute Gasteiger partial charge is 0.243 e. The Balaban J connectivity index is 2.30. The molecule has 2 rings (SSSR count). The second kappa shape index (κ2) is 6.52. The molecule has 2 unspecified atom stereocenters. The van der Waals surface area contributed by atoms with Crippen molar-refractivity contribution in [1.29, 1.82) is 0 Å². The third kappa shape index (κ3) is 3.34. The maximum atomic E-state index is 12.6. The van der Waals surface area contributed by atoms with Crippen molar-refractivity contribution in [3.8, 4) is 5.75 Å². The third-order valence-corrected chi connectivity index (χ3v) is 6.14. The maximum absolute atomic E-state index is 12.6. The minimum atomic E-state index is -3.69. The lowest BCUT2D eigenvalue weighted by molar-refractivity contribution is 0.0638. The Morgan fingerprint density at radius 1 is 1.33 bits per heavy atom. The van der Waals surface area contributed by atoms with Gasteiger partial charge in [-0.15, -0.1) is 0 Å². The van der Waals surface area contributed by atoms with E-state index in [1.807, 2.05) is 0 Å². The van der Waals surface area contributed by atoms with Crippen LogP contribution in [-0.4, -0.2) is 44.1 Å². The Kier molecular flexibility index (Phi) is 5.14. The number of aliphatic hydroxyl groups excluding tert-OH is 1. The molecule has 0 aromatic heterocycles. The number of hydrogen-bond donors (Lipinski definition) is 1. The van der Waals surface area contributed by atoms with Gasteiger partial charge in [0.25, 0.3) is 0 Å². The van der Waals surface area contributed by atoms with Gasteiger partial charge in [0, 0.05) is 7.05 Å². The first-order valence-corrected chi connectivity index (χ1v) is 8.69. The minimum absolute atomic E-state index is 0.105. The zero-order chi connectivity index (χ0) is 15.6. The molecule has 1 fully saturated rings. The molecule has 0 aliphatic heterocycles. The Morgan fingerprint density at radius 3 is 2.57 bits per heavy atom. The molecule has 0 heterocycles. The molecular formula is C14H20ClNO4S. The highest BCUT2D eigenvalue weighted by Crippen LogP contribution is 2.31. The zero-order valence-corrected chi connectivity index (χ0v) is 13.7. The molecule has 0 spiro atoms. The van der Waals surface area contributed by atoms with Gasteiger partial charge < -0.3 is 9.84 Å². The van der Waals surface area contributed by atoms with Crippen molar-refractivity contribution in [1.82, 2.24) is 4.31 Å². The van der Waals surface area contributed by atoms with Crippen LogP contribution in [0.3, 0.4) is 0 Å². The van der Waals surface area contributed by atoms with Crippen LogP contribution in [0.2, 0.25) is 5.02 Å². The number of sulfonamides is 1. The molecule has 1 aromatic rings. The Hall–Kier alpha value is -0.820. The lowest BCUT2D eigenvalue weighted by Gasteiger charge is -2.34. The standard InChI is InChI=1S/C14H20ClNO4S/c1-16(12-5-3-4-6-13(12)17)21(18,19)10-7-8-14(20-2)11(15)9-10/h7-9,12-13,17H,3-6H2,1-2H3. The molecule has 7 heteroatoms. The van der Waals surface area contributed by atoms with Gasteiger partial charge in [-0.2, -0.15) is 4.31 Å². The fourth-order valence-electron chi connectivity index (χ4n) is 2.67. The number of benzene rings is 1. The summed E-state index contributed by atoms with van der Waals surface area (Å²) >= 11 is 6.00. The summed E-state index contributed by atoms with van der Waals surface area (Å²) in [4.78, 5) is 0.105. The molecule has 1 saturated carbocycles. The van der Waals surface area contributed by atoms with E-state index in [0.717, 1.165) is 12.8 Å². The van der Waals surface area contributed by atoms with Crippen molar-refractivity contribution in [2.24, 2.45) is 0 Å². The predicted octanol–water partition coefficient (Wildman–Crippen LogP) is 2.27. The summed E-state index contributed by atoms with van der Waals surface area (Å²) < 4.78 is 31.6. The number of aliphatic hydroxyl groups is 1. The van der Waals surface area contributed by atoms with Crippen LogP contribution < -0.4 is 4.74 Å². The Bertz CT molecular complexity index is 605. The summed E-state index contributed by atoms with van der Waals surface area (Å²) in [6.45, 7) is 0. The molecule has 1 N–H and O–H groups in total. The van der Waals surface area contributed by atoms with Crippen LogP contribution in [-0.2, 0) is 10.0 Å². The fourth-order valence-corrected chi connectivity index (χ4v) is 4.43. The van der Waals surface area contributed by atoms with Crippen molar-refractivity contribution in [3.05, 3.63) is 23.2 Å². The van der Waals surface area contributed by atoms with Crippen LogP contribution in [0.25, 0.3) is 0 Å². The third-order valence-electron chi connectivity index (χ3n) is 3.96. The molecule has 21 heavy (non-hydrogen) atoms. The fraction of sp³-hybridized carbons (Fsp3) is 0.571. The van der Waals surface area contributed by atoms with Crippen LogP contribution >= 0.6 is 11.6 Å². The molecule has 118 valence electrons. The van der Waals surface area contributed by atoms with Crippen molar-refractivity contribution < 1.29 is 18.3 Å². The first-order chi connectivity index (χ1) is 9.87. The van der Waals surface area contributed by atoms with Gasteiger partial charge in [0.2, 0.25) is 10.0 Å². The molecule has 0 bridgehead atoms. The highest BCUT2D eigenvalue weighted by atomic mass is 35.5.